The lowest BCUT2D eigenvalue weighted by Gasteiger charge is -2.21. The third-order valence-electron chi connectivity index (χ3n) is 19.0. The number of rotatable bonds is 6. The van der Waals surface area contributed by atoms with E-state index in [1.54, 1.807) is 0 Å². The van der Waals surface area contributed by atoms with Crippen molar-refractivity contribution in [2.75, 3.05) is 0 Å². The van der Waals surface area contributed by atoms with E-state index in [4.69, 9.17) is 8.83 Å². The summed E-state index contributed by atoms with van der Waals surface area (Å²) in [7, 11) is 0. The number of furan rings is 2. The van der Waals surface area contributed by atoms with Crippen molar-refractivity contribution < 1.29 is 8.83 Å². The third-order valence-corrected chi connectivity index (χ3v) is 19.0. The quantitative estimate of drug-likeness (QED) is 0.155. The normalized spacial score (nSPS) is 12.1. The highest BCUT2D eigenvalue weighted by molar-refractivity contribution is 6.27. The molecule has 0 fully saturated rings. The lowest BCUT2D eigenvalue weighted by Crippen LogP contribution is -1.94. The Bertz CT molecular complexity index is 6180. The molecule has 406 valence electrons. The predicted molar refractivity (Wildman–Crippen MR) is 374 cm³/mol. The van der Waals surface area contributed by atoms with Crippen molar-refractivity contribution in [3.8, 4) is 66.8 Å². The highest BCUT2D eigenvalue weighted by Gasteiger charge is 2.23. The van der Waals surface area contributed by atoms with E-state index in [9.17, 15) is 0 Å². The van der Waals surface area contributed by atoms with Crippen molar-refractivity contribution in [3.05, 3.63) is 303 Å². The van der Waals surface area contributed by atoms with Crippen molar-refractivity contribution in [3.63, 3.8) is 0 Å². The molecule has 0 aliphatic heterocycles. The number of hydrogen-bond acceptors (Lipinski definition) is 2. The SMILES string of the molecule is c1cc(-c2ccc3c(c2)oc2cc4ccccc4cc23)cc(-c2c3ccccc3c(-c3cccc4ccccc34)c3cc(-c4ccc5c(-c6ccc7c(c6)oc6cc8ccccc8cc67)c6ccccc6c(-c6cccc7ccccc67)c5c4)ccc23)c1. The van der Waals surface area contributed by atoms with E-state index in [2.05, 4.69) is 303 Å². The summed E-state index contributed by atoms with van der Waals surface area (Å²) >= 11 is 0. The smallest absolute Gasteiger partial charge is 0.136 e. The Kier molecular flexibility index (Phi) is 10.5. The van der Waals surface area contributed by atoms with Gasteiger partial charge in [0, 0.05) is 21.5 Å². The summed E-state index contributed by atoms with van der Waals surface area (Å²) in [4.78, 5) is 0. The van der Waals surface area contributed by atoms with Crippen LogP contribution in [0.25, 0.3) is 197 Å². The fraction of sp³-hybridized carbons (Fsp3) is 0. The van der Waals surface area contributed by atoms with Crippen molar-refractivity contribution >= 4 is 130 Å². The molecule has 0 saturated heterocycles. The molecule has 2 nitrogen and oxygen atoms in total. The largest absolute Gasteiger partial charge is 0.456 e. The molecule has 17 aromatic carbocycles. The minimum atomic E-state index is 0.879. The van der Waals surface area contributed by atoms with Gasteiger partial charge in [-0.1, -0.05) is 237 Å². The van der Waals surface area contributed by atoms with Gasteiger partial charge in [0.2, 0.25) is 0 Å². The molecule has 0 spiro atoms. The minimum absolute atomic E-state index is 0.879. The Balaban J connectivity index is 0.844. The molecular formula is C86H50O2. The second kappa shape index (κ2) is 19.0. The van der Waals surface area contributed by atoms with Gasteiger partial charge in [-0.2, -0.15) is 0 Å². The van der Waals surface area contributed by atoms with E-state index in [-0.39, 0.29) is 0 Å². The molecule has 2 aromatic heterocycles. The highest BCUT2D eigenvalue weighted by Crippen LogP contribution is 2.50. The number of benzene rings is 17. The molecule has 0 bridgehead atoms. The van der Waals surface area contributed by atoms with Gasteiger partial charge < -0.3 is 8.83 Å². The fourth-order valence-electron chi connectivity index (χ4n) is 14.9. The lowest BCUT2D eigenvalue weighted by atomic mass is 9.82. The zero-order valence-electron chi connectivity index (χ0n) is 47.7. The van der Waals surface area contributed by atoms with Crippen LogP contribution in [-0.4, -0.2) is 0 Å². The topological polar surface area (TPSA) is 26.3 Å². The first-order valence-corrected chi connectivity index (χ1v) is 30.4. The molecular weight excluding hydrogens is 1060 g/mol. The van der Waals surface area contributed by atoms with E-state index < -0.39 is 0 Å². The average Bonchev–Trinajstić information content (AvgIpc) is 1.89. The van der Waals surface area contributed by atoms with Crippen LogP contribution < -0.4 is 0 Å². The molecule has 19 rings (SSSR count). The van der Waals surface area contributed by atoms with Crippen molar-refractivity contribution in [1.82, 2.24) is 0 Å². The van der Waals surface area contributed by atoms with Crippen LogP contribution in [0.1, 0.15) is 0 Å². The van der Waals surface area contributed by atoms with Crippen LogP contribution in [0.4, 0.5) is 0 Å². The van der Waals surface area contributed by atoms with Crippen molar-refractivity contribution in [2.45, 2.75) is 0 Å². The van der Waals surface area contributed by atoms with E-state index in [0.717, 1.165) is 77.3 Å². The van der Waals surface area contributed by atoms with Gasteiger partial charge in [0.15, 0.2) is 0 Å². The lowest BCUT2D eigenvalue weighted by molar-refractivity contribution is 0.669. The summed E-state index contributed by atoms with van der Waals surface area (Å²) in [5.74, 6) is 0. The molecule has 88 heavy (non-hydrogen) atoms. The van der Waals surface area contributed by atoms with Crippen LogP contribution in [0.3, 0.4) is 0 Å². The average molecular weight is 1120 g/mol. The van der Waals surface area contributed by atoms with E-state index in [1.807, 2.05) is 0 Å². The summed E-state index contributed by atoms with van der Waals surface area (Å²) in [5.41, 5.74) is 17.7. The molecule has 2 heteroatoms. The number of hydrogen-bond donors (Lipinski definition) is 0. The van der Waals surface area contributed by atoms with Crippen LogP contribution in [0, 0.1) is 0 Å². The Morgan fingerprint density at radius 2 is 0.455 bits per heavy atom. The van der Waals surface area contributed by atoms with Gasteiger partial charge in [-0.15, -0.1) is 0 Å². The van der Waals surface area contributed by atoms with E-state index >= 15 is 0 Å². The van der Waals surface area contributed by atoms with Crippen molar-refractivity contribution in [2.24, 2.45) is 0 Å². The van der Waals surface area contributed by atoms with Gasteiger partial charge in [-0.05, 0) is 220 Å². The monoisotopic (exact) mass is 1110 g/mol. The first kappa shape index (κ1) is 48.8. The molecule has 0 unspecified atom stereocenters. The Morgan fingerprint density at radius 1 is 0.148 bits per heavy atom. The second-order valence-electron chi connectivity index (χ2n) is 23.8. The molecule has 0 saturated carbocycles. The maximum absolute atomic E-state index is 6.79. The first-order valence-electron chi connectivity index (χ1n) is 30.4. The van der Waals surface area contributed by atoms with Gasteiger partial charge in [0.05, 0.1) is 0 Å². The van der Waals surface area contributed by atoms with E-state index in [1.165, 1.54) is 120 Å². The standard InChI is InChI=1S/C86H50O2/c1-3-20-56-47-81-75(43-54(56)18-1)65-38-34-60(49-79(65)87-81)53-24-13-25-61(42-53)83-69-28-9-11-30-71(69)85(67-32-14-22-51-16-5-7-26-63(51)67)77-45-58(35-40-73(77)83)59-36-41-74-78(46-59)86(68-33-15-23-52-17-6-8-27-64(52)68)72-31-12-10-29-70(72)84(74)62-37-39-66-76-44-55-19-2-4-21-57(55)48-82(76)88-80(66)50-62/h1-50H. The second-order valence-corrected chi connectivity index (χ2v) is 23.8. The maximum atomic E-state index is 6.79. The molecule has 2 heterocycles. The van der Waals surface area contributed by atoms with Crippen LogP contribution in [0.15, 0.2) is 312 Å². The molecule has 0 amide bonds. The highest BCUT2D eigenvalue weighted by atomic mass is 16.3. The maximum Gasteiger partial charge on any atom is 0.136 e. The van der Waals surface area contributed by atoms with Gasteiger partial charge in [-0.25, -0.2) is 0 Å². The van der Waals surface area contributed by atoms with Gasteiger partial charge >= 0.3 is 0 Å². The van der Waals surface area contributed by atoms with Crippen LogP contribution >= 0.6 is 0 Å². The summed E-state index contributed by atoms with van der Waals surface area (Å²) in [6.07, 6.45) is 0. The fourth-order valence-corrected chi connectivity index (χ4v) is 14.9. The minimum Gasteiger partial charge on any atom is -0.456 e. The molecule has 0 aliphatic carbocycles. The summed E-state index contributed by atoms with van der Waals surface area (Å²) in [5, 5.41) is 23.7. The summed E-state index contributed by atoms with van der Waals surface area (Å²) in [6.45, 7) is 0. The third kappa shape index (κ3) is 7.43. The molecule has 0 aliphatic rings. The molecule has 0 radical (unpaired) electrons. The Labute approximate surface area is 506 Å². The molecule has 0 atom stereocenters. The zero-order valence-corrected chi connectivity index (χ0v) is 47.7. The van der Waals surface area contributed by atoms with Crippen LogP contribution in [-0.2, 0) is 0 Å². The Morgan fingerprint density at radius 3 is 0.943 bits per heavy atom. The molecule has 19 aromatic rings. The first-order chi connectivity index (χ1) is 43.6. The van der Waals surface area contributed by atoms with Crippen molar-refractivity contribution in [1.29, 1.82) is 0 Å². The van der Waals surface area contributed by atoms with E-state index in [0.29, 0.717) is 0 Å². The van der Waals surface area contributed by atoms with Crippen LogP contribution in [0.2, 0.25) is 0 Å². The molecule has 0 N–H and O–H groups in total. The van der Waals surface area contributed by atoms with Gasteiger partial charge in [-0.3, -0.25) is 0 Å². The van der Waals surface area contributed by atoms with Gasteiger partial charge in [0.25, 0.3) is 0 Å². The zero-order chi connectivity index (χ0) is 57.6. The predicted octanol–water partition coefficient (Wildman–Crippen LogP) is 24.7. The Hall–Kier alpha value is -11.6. The van der Waals surface area contributed by atoms with Gasteiger partial charge in [0.1, 0.15) is 22.3 Å². The summed E-state index contributed by atoms with van der Waals surface area (Å²) in [6, 6.07) is 112. The number of fused-ring (bicyclic) bond motifs is 14. The van der Waals surface area contributed by atoms with Crippen LogP contribution in [0.5, 0.6) is 0 Å². The summed E-state index contributed by atoms with van der Waals surface area (Å²) < 4.78 is 13.4.